The van der Waals surface area contributed by atoms with Crippen LogP contribution < -0.4 is 15.4 Å². The van der Waals surface area contributed by atoms with Crippen LogP contribution in [0.25, 0.3) is 0 Å². The molecule has 2 amide bonds. The molecule has 0 unspecified atom stereocenters. The number of amides is 2. The fourth-order valence-electron chi connectivity index (χ4n) is 2.69. The SMILES string of the molecule is CCc1ccc(OCC(=O)Nc2cccc(NC(=O)c3ccccc3Cl)c2)cc1. The maximum absolute atomic E-state index is 12.4. The Labute approximate surface area is 174 Å². The minimum Gasteiger partial charge on any atom is -0.484 e. The van der Waals surface area contributed by atoms with Crippen molar-refractivity contribution in [3.8, 4) is 5.75 Å². The average Bonchev–Trinajstić information content (AvgIpc) is 2.73. The number of hydrogen-bond donors (Lipinski definition) is 2. The van der Waals surface area contributed by atoms with Crippen molar-refractivity contribution in [1.29, 1.82) is 0 Å². The summed E-state index contributed by atoms with van der Waals surface area (Å²) < 4.78 is 5.51. The van der Waals surface area contributed by atoms with Crippen molar-refractivity contribution in [1.82, 2.24) is 0 Å². The van der Waals surface area contributed by atoms with Crippen molar-refractivity contribution >= 4 is 34.8 Å². The first-order valence-electron chi connectivity index (χ1n) is 9.22. The van der Waals surface area contributed by atoms with Crippen molar-refractivity contribution in [2.45, 2.75) is 13.3 Å². The van der Waals surface area contributed by atoms with Crippen molar-refractivity contribution in [3.63, 3.8) is 0 Å². The number of nitrogens with one attached hydrogen (secondary N) is 2. The second-order valence-corrected chi connectivity index (χ2v) is 6.76. The summed E-state index contributed by atoms with van der Waals surface area (Å²) in [7, 11) is 0. The number of halogens is 1. The number of rotatable bonds is 7. The molecule has 0 spiro atoms. The standard InChI is InChI=1S/C23H21ClN2O3/c1-2-16-10-12-19(13-11-16)29-15-22(27)25-17-6-5-7-18(14-17)26-23(28)20-8-3-4-9-21(20)24/h3-14H,2,15H2,1H3,(H,25,27)(H,26,28). The van der Waals surface area contributed by atoms with Gasteiger partial charge in [-0.25, -0.2) is 0 Å². The van der Waals surface area contributed by atoms with E-state index < -0.39 is 0 Å². The molecule has 29 heavy (non-hydrogen) atoms. The van der Waals surface area contributed by atoms with Crippen LogP contribution in [0.5, 0.6) is 5.75 Å². The monoisotopic (exact) mass is 408 g/mol. The second kappa shape index (κ2) is 9.75. The van der Waals surface area contributed by atoms with E-state index in [4.69, 9.17) is 16.3 Å². The topological polar surface area (TPSA) is 67.4 Å². The molecule has 0 fully saturated rings. The van der Waals surface area contributed by atoms with Crippen molar-refractivity contribution < 1.29 is 14.3 Å². The zero-order valence-electron chi connectivity index (χ0n) is 15.9. The minimum absolute atomic E-state index is 0.109. The average molecular weight is 409 g/mol. The van der Waals surface area contributed by atoms with Crippen LogP contribution >= 0.6 is 11.6 Å². The van der Waals surface area contributed by atoms with Crippen LogP contribution in [0.15, 0.2) is 72.8 Å². The fraction of sp³-hybridized carbons (Fsp3) is 0.130. The molecular weight excluding hydrogens is 388 g/mol. The lowest BCUT2D eigenvalue weighted by molar-refractivity contribution is -0.118. The summed E-state index contributed by atoms with van der Waals surface area (Å²) in [6.07, 6.45) is 0.949. The van der Waals surface area contributed by atoms with Crippen molar-refractivity contribution in [2.24, 2.45) is 0 Å². The summed E-state index contributed by atoms with van der Waals surface area (Å²) in [5.41, 5.74) is 2.68. The van der Waals surface area contributed by atoms with E-state index in [1.54, 1.807) is 48.5 Å². The Morgan fingerprint density at radius 3 is 2.28 bits per heavy atom. The van der Waals surface area contributed by atoms with Gasteiger partial charge in [0.1, 0.15) is 5.75 Å². The number of carbonyl (C=O) groups is 2. The van der Waals surface area contributed by atoms with Gasteiger partial charge in [-0.05, 0) is 54.4 Å². The molecule has 0 bridgehead atoms. The maximum Gasteiger partial charge on any atom is 0.262 e. The molecule has 3 aromatic rings. The van der Waals surface area contributed by atoms with Gasteiger partial charge < -0.3 is 15.4 Å². The molecule has 3 aromatic carbocycles. The van der Waals surface area contributed by atoms with E-state index in [1.165, 1.54) is 5.56 Å². The molecule has 2 N–H and O–H groups in total. The molecule has 0 aliphatic heterocycles. The molecule has 0 saturated carbocycles. The molecule has 3 rings (SSSR count). The van der Waals surface area contributed by atoms with Gasteiger partial charge in [0.15, 0.2) is 6.61 Å². The molecule has 0 aliphatic carbocycles. The van der Waals surface area contributed by atoms with Crippen LogP contribution in [-0.4, -0.2) is 18.4 Å². The van der Waals surface area contributed by atoms with Crippen molar-refractivity contribution in [3.05, 3.63) is 88.9 Å². The van der Waals surface area contributed by atoms with Gasteiger partial charge >= 0.3 is 0 Å². The molecule has 0 aliphatic rings. The lowest BCUT2D eigenvalue weighted by Gasteiger charge is -2.10. The lowest BCUT2D eigenvalue weighted by atomic mass is 10.2. The smallest absolute Gasteiger partial charge is 0.262 e. The third-order valence-corrected chi connectivity index (χ3v) is 4.55. The summed E-state index contributed by atoms with van der Waals surface area (Å²) in [5, 5.41) is 5.91. The third-order valence-electron chi connectivity index (χ3n) is 4.22. The first-order chi connectivity index (χ1) is 14.0. The fourth-order valence-corrected chi connectivity index (χ4v) is 2.91. The van der Waals surface area contributed by atoms with Crippen LogP contribution in [0.1, 0.15) is 22.8 Å². The first kappa shape index (κ1) is 20.4. The van der Waals surface area contributed by atoms with E-state index in [-0.39, 0.29) is 18.4 Å². The van der Waals surface area contributed by atoms with Crippen molar-refractivity contribution in [2.75, 3.05) is 17.2 Å². The number of benzene rings is 3. The quantitative estimate of drug-likeness (QED) is 0.566. The Morgan fingerprint density at radius 1 is 0.897 bits per heavy atom. The highest BCUT2D eigenvalue weighted by molar-refractivity contribution is 6.34. The molecular formula is C23H21ClN2O3. The molecule has 0 aromatic heterocycles. The van der Waals surface area contributed by atoms with Gasteiger partial charge in [-0.3, -0.25) is 9.59 Å². The predicted octanol–water partition coefficient (Wildman–Crippen LogP) is 5.17. The minimum atomic E-state index is -0.321. The second-order valence-electron chi connectivity index (χ2n) is 6.35. The highest BCUT2D eigenvalue weighted by Gasteiger charge is 2.10. The summed E-state index contributed by atoms with van der Waals surface area (Å²) >= 11 is 6.06. The molecule has 148 valence electrons. The van der Waals surface area contributed by atoms with E-state index in [1.807, 2.05) is 24.3 Å². The first-order valence-corrected chi connectivity index (χ1v) is 9.60. The van der Waals surface area contributed by atoms with Gasteiger partial charge in [0, 0.05) is 11.4 Å². The van der Waals surface area contributed by atoms with E-state index in [9.17, 15) is 9.59 Å². The number of ether oxygens (including phenoxy) is 1. The zero-order valence-corrected chi connectivity index (χ0v) is 16.7. The Morgan fingerprint density at radius 2 is 1.59 bits per heavy atom. The Bertz CT molecular complexity index is 1000. The van der Waals surface area contributed by atoms with Gasteiger partial charge in [0.25, 0.3) is 11.8 Å². The summed E-state index contributed by atoms with van der Waals surface area (Å²) in [4.78, 5) is 24.5. The summed E-state index contributed by atoms with van der Waals surface area (Å²) in [6.45, 7) is 1.97. The Kier molecular flexibility index (Phi) is 6.87. The normalized spacial score (nSPS) is 10.3. The third kappa shape index (κ3) is 5.83. The largest absolute Gasteiger partial charge is 0.484 e. The van der Waals surface area contributed by atoms with Crippen LogP contribution in [0, 0.1) is 0 Å². The van der Waals surface area contributed by atoms with E-state index >= 15 is 0 Å². The van der Waals surface area contributed by atoms with E-state index in [0.717, 1.165) is 6.42 Å². The van der Waals surface area contributed by atoms with Gasteiger partial charge in [-0.1, -0.05) is 48.9 Å². The summed E-state index contributed by atoms with van der Waals surface area (Å²) in [6, 6.07) is 21.3. The van der Waals surface area contributed by atoms with E-state index in [0.29, 0.717) is 27.7 Å². The molecule has 0 radical (unpaired) electrons. The van der Waals surface area contributed by atoms with Gasteiger partial charge in [0.05, 0.1) is 10.6 Å². The molecule has 5 nitrogen and oxygen atoms in total. The Balaban J connectivity index is 1.56. The van der Waals surface area contributed by atoms with Gasteiger partial charge in [-0.2, -0.15) is 0 Å². The lowest BCUT2D eigenvalue weighted by Crippen LogP contribution is -2.20. The Hall–Kier alpha value is -3.31. The number of carbonyl (C=O) groups excluding carboxylic acids is 2. The molecule has 0 heterocycles. The van der Waals surface area contributed by atoms with Gasteiger partial charge in [0.2, 0.25) is 0 Å². The molecule has 0 saturated heterocycles. The van der Waals surface area contributed by atoms with Crippen LogP contribution in [0.4, 0.5) is 11.4 Å². The zero-order chi connectivity index (χ0) is 20.6. The molecule has 0 atom stereocenters. The predicted molar refractivity (Wildman–Crippen MR) is 116 cm³/mol. The highest BCUT2D eigenvalue weighted by Crippen LogP contribution is 2.19. The van der Waals surface area contributed by atoms with Crippen LogP contribution in [-0.2, 0) is 11.2 Å². The maximum atomic E-state index is 12.4. The van der Waals surface area contributed by atoms with Crippen LogP contribution in [0.3, 0.4) is 0 Å². The number of anilines is 2. The number of hydrogen-bond acceptors (Lipinski definition) is 3. The van der Waals surface area contributed by atoms with Gasteiger partial charge in [-0.15, -0.1) is 0 Å². The van der Waals surface area contributed by atoms with E-state index in [2.05, 4.69) is 17.6 Å². The highest BCUT2D eigenvalue weighted by atomic mass is 35.5. The summed E-state index contributed by atoms with van der Waals surface area (Å²) in [5.74, 6) is 0.0233. The number of aryl methyl sites for hydroxylation is 1. The van der Waals surface area contributed by atoms with Crippen LogP contribution in [0.2, 0.25) is 5.02 Å². The molecule has 6 heteroatoms.